The monoisotopic (exact) mass is 266 g/mol. The summed E-state index contributed by atoms with van der Waals surface area (Å²) < 4.78 is 38.5. The van der Waals surface area contributed by atoms with Gasteiger partial charge in [-0.05, 0) is 26.7 Å². The molecule has 0 aromatic heterocycles. The summed E-state index contributed by atoms with van der Waals surface area (Å²) in [6, 6.07) is -0.808. The number of alkyl halides is 3. The van der Waals surface area contributed by atoms with Crippen LogP contribution < -0.4 is 11.1 Å². The fourth-order valence-electron chi connectivity index (χ4n) is 2.15. The molecule has 3 N–H and O–H groups in total. The van der Waals surface area contributed by atoms with E-state index in [9.17, 15) is 18.0 Å². The van der Waals surface area contributed by atoms with Crippen molar-refractivity contribution in [3.8, 4) is 0 Å². The summed E-state index contributed by atoms with van der Waals surface area (Å²) >= 11 is 0. The van der Waals surface area contributed by atoms with Crippen LogP contribution in [0.3, 0.4) is 0 Å². The smallest absolute Gasteiger partial charge is 0.352 e. The summed E-state index contributed by atoms with van der Waals surface area (Å²) in [6.45, 7) is 3.38. The Labute approximate surface area is 105 Å². The molecule has 0 aromatic rings. The number of carbonyl (C=O) groups excluding carboxylic acids is 1. The predicted molar refractivity (Wildman–Crippen MR) is 62.8 cm³/mol. The van der Waals surface area contributed by atoms with Crippen LogP contribution in [0.5, 0.6) is 0 Å². The third kappa shape index (κ3) is 3.60. The van der Waals surface area contributed by atoms with E-state index in [1.54, 1.807) is 13.8 Å². The molecule has 1 amide bonds. The van der Waals surface area contributed by atoms with E-state index < -0.39 is 29.5 Å². The average Bonchev–Trinajstić information content (AvgIpc) is 2.28. The molecule has 1 fully saturated rings. The molecular weight excluding hydrogens is 245 g/mol. The summed E-state index contributed by atoms with van der Waals surface area (Å²) in [5, 5.41) is 2.53. The summed E-state index contributed by atoms with van der Waals surface area (Å²) in [5.41, 5.74) is 4.62. The molecule has 2 atom stereocenters. The van der Waals surface area contributed by atoms with Crippen molar-refractivity contribution >= 4 is 5.91 Å². The Kier molecular flexibility index (Phi) is 4.64. The van der Waals surface area contributed by atoms with Crippen LogP contribution in [0.1, 0.15) is 39.5 Å². The summed E-state index contributed by atoms with van der Waals surface area (Å²) in [4.78, 5) is 11.9. The first kappa shape index (κ1) is 15.3. The van der Waals surface area contributed by atoms with Gasteiger partial charge in [-0.3, -0.25) is 4.79 Å². The van der Waals surface area contributed by atoms with Gasteiger partial charge < -0.3 is 11.1 Å². The normalized spacial score (nSPS) is 25.9. The van der Waals surface area contributed by atoms with E-state index in [1.807, 2.05) is 0 Å². The highest BCUT2D eigenvalue weighted by Crippen LogP contribution is 2.38. The number of halogens is 3. The van der Waals surface area contributed by atoms with Gasteiger partial charge in [0.1, 0.15) is 0 Å². The van der Waals surface area contributed by atoms with Crippen molar-refractivity contribution in [2.75, 3.05) is 6.54 Å². The second-order valence-corrected chi connectivity index (χ2v) is 5.60. The quantitative estimate of drug-likeness (QED) is 0.823. The molecule has 0 bridgehead atoms. The number of nitrogens with two attached hydrogens (primary N) is 1. The van der Waals surface area contributed by atoms with E-state index in [0.717, 1.165) is 6.42 Å². The summed E-state index contributed by atoms with van der Waals surface area (Å²) in [6.07, 6.45) is -2.48. The van der Waals surface area contributed by atoms with Gasteiger partial charge in [-0.25, -0.2) is 0 Å². The van der Waals surface area contributed by atoms with Gasteiger partial charge >= 0.3 is 6.18 Å². The minimum absolute atomic E-state index is 0.0947. The molecule has 6 heteroatoms. The highest BCUT2D eigenvalue weighted by atomic mass is 19.4. The minimum atomic E-state index is -4.24. The van der Waals surface area contributed by atoms with Gasteiger partial charge in [0.15, 0.2) is 0 Å². The van der Waals surface area contributed by atoms with Gasteiger partial charge in [-0.2, -0.15) is 13.2 Å². The van der Waals surface area contributed by atoms with Crippen molar-refractivity contribution in [3.05, 3.63) is 0 Å². The van der Waals surface area contributed by atoms with Gasteiger partial charge in [0.25, 0.3) is 0 Å². The van der Waals surface area contributed by atoms with E-state index in [-0.39, 0.29) is 13.0 Å². The fraction of sp³-hybridized carbons (Fsp3) is 0.917. The lowest BCUT2D eigenvalue weighted by Gasteiger charge is -2.35. The fourth-order valence-corrected chi connectivity index (χ4v) is 2.15. The molecule has 0 saturated heterocycles. The first-order chi connectivity index (χ1) is 8.18. The Bertz CT molecular complexity index is 302. The molecule has 2 unspecified atom stereocenters. The van der Waals surface area contributed by atoms with Gasteiger partial charge in [0.2, 0.25) is 5.91 Å². The molecule has 1 saturated carbocycles. The molecule has 1 aliphatic carbocycles. The zero-order valence-electron chi connectivity index (χ0n) is 10.8. The largest absolute Gasteiger partial charge is 0.393 e. The van der Waals surface area contributed by atoms with Crippen LogP contribution in [0.15, 0.2) is 0 Å². The number of carbonyl (C=O) groups is 1. The zero-order chi connectivity index (χ0) is 14.0. The van der Waals surface area contributed by atoms with Crippen LogP contribution in [0.2, 0.25) is 0 Å². The van der Waals surface area contributed by atoms with Crippen molar-refractivity contribution in [3.63, 3.8) is 0 Å². The van der Waals surface area contributed by atoms with Crippen molar-refractivity contribution < 1.29 is 18.0 Å². The third-order valence-electron chi connectivity index (χ3n) is 3.63. The lowest BCUT2D eigenvalue weighted by Crippen LogP contribution is -2.52. The Hall–Kier alpha value is -0.780. The van der Waals surface area contributed by atoms with E-state index in [2.05, 4.69) is 5.32 Å². The van der Waals surface area contributed by atoms with E-state index in [4.69, 9.17) is 5.73 Å². The second kappa shape index (κ2) is 5.47. The molecule has 0 aliphatic heterocycles. The van der Waals surface area contributed by atoms with Crippen LogP contribution in [0.25, 0.3) is 0 Å². The maximum atomic E-state index is 12.8. The first-order valence-electron chi connectivity index (χ1n) is 6.26. The molecule has 18 heavy (non-hydrogen) atoms. The van der Waals surface area contributed by atoms with Crippen LogP contribution in [0.4, 0.5) is 13.2 Å². The lowest BCUT2D eigenvalue weighted by atomic mass is 9.82. The van der Waals surface area contributed by atoms with Crippen LogP contribution >= 0.6 is 0 Å². The molecule has 1 aliphatic rings. The van der Waals surface area contributed by atoms with Gasteiger partial charge in [0, 0.05) is 12.6 Å². The van der Waals surface area contributed by atoms with Gasteiger partial charge in [0.05, 0.1) is 11.3 Å². The highest BCUT2D eigenvalue weighted by Gasteiger charge is 2.46. The predicted octanol–water partition coefficient (Wildman–Crippen LogP) is 2.21. The average molecular weight is 266 g/mol. The molecule has 0 spiro atoms. The maximum Gasteiger partial charge on any atom is 0.393 e. The lowest BCUT2D eigenvalue weighted by molar-refractivity contribution is -0.189. The van der Waals surface area contributed by atoms with Crippen molar-refractivity contribution in [1.29, 1.82) is 0 Å². The second-order valence-electron chi connectivity index (χ2n) is 5.60. The van der Waals surface area contributed by atoms with Crippen LogP contribution in [-0.4, -0.2) is 24.7 Å². The number of nitrogens with one attached hydrogen (secondary N) is 1. The molecule has 3 nitrogen and oxygen atoms in total. The first-order valence-corrected chi connectivity index (χ1v) is 6.26. The third-order valence-corrected chi connectivity index (χ3v) is 3.63. The Morgan fingerprint density at radius 2 is 1.83 bits per heavy atom. The number of hydrogen-bond donors (Lipinski definition) is 2. The van der Waals surface area contributed by atoms with Crippen molar-refractivity contribution in [2.24, 2.45) is 17.1 Å². The standard InChI is InChI=1S/C12H21F3N2O/c1-11(2,7-16)10(18)17-9-6-4-3-5-8(9)12(13,14)15/h8-9H,3-7,16H2,1-2H3,(H,17,18). The molecule has 0 aromatic carbocycles. The Morgan fingerprint density at radius 3 is 2.33 bits per heavy atom. The maximum absolute atomic E-state index is 12.8. The Balaban J connectivity index is 2.72. The molecule has 0 radical (unpaired) electrons. The van der Waals surface area contributed by atoms with Crippen LogP contribution in [-0.2, 0) is 4.79 Å². The number of hydrogen-bond acceptors (Lipinski definition) is 2. The molecule has 1 rings (SSSR count). The molecule has 106 valence electrons. The van der Waals surface area contributed by atoms with Gasteiger partial charge in [-0.1, -0.05) is 12.8 Å². The SMILES string of the molecule is CC(C)(CN)C(=O)NC1CCCCC1C(F)(F)F. The topological polar surface area (TPSA) is 55.1 Å². The molecule has 0 heterocycles. The Morgan fingerprint density at radius 1 is 1.28 bits per heavy atom. The minimum Gasteiger partial charge on any atom is -0.352 e. The van der Waals surface area contributed by atoms with Crippen LogP contribution in [0, 0.1) is 11.3 Å². The zero-order valence-corrected chi connectivity index (χ0v) is 10.8. The number of amides is 1. The highest BCUT2D eigenvalue weighted by molar-refractivity contribution is 5.82. The summed E-state index contributed by atoms with van der Waals surface area (Å²) in [7, 11) is 0. The van der Waals surface area contributed by atoms with Crippen molar-refractivity contribution in [2.45, 2.75) is 51.7 Å². The van der Waals surface area contributed by atoms with E-state index >= 15 is 0 Å². The van der Waals surface area contributed by atoms with E-state index in [1.165, 1.54) is 0 Å². The number of rotatable bonds is 3. The van der Waals surface area contributed by atoms with E-state index in [0.29, 0.717) is 12.8 Å². The van der Waals surface area contributed by atoms with Gasteiger partial charge in [-0.15, -0.1) is 0 Å². The van der Waals surface area contributed by atoms with Crippen molar-refractivity contribution in [1.82, 2.24) is 5.32 Å². The molecular formula is C12H21F3N2O. The summed E-state index contributed by atoms with van der Waals surface area (Å²) in [5.74, 6) is -1.82.